The Morgan fingerprint density at radius 3 is 2.46 bits per heavy atom. The van der Waals surface area contributed by atoms with E-state index in [1.807, 2.05) is 58.0 Å². The number of nitrogens with two attached hydrogens (primary N) is 1. The van der Waals surface area contributed by atoms with Gasteiger partial charge in [0.05, 0.1) is 12.1 Å². The molecule has 0 saturated carbocycles. The first-order chi connectivity index (χ1) is 12.3. The lowest BCUT2D eigenvalue weighted by Crippen LogP contribution is -2.49. The summed E-state index contributed by atoms with van der Waals surface area (Å²) in [6.07, 6.45) is 0.408. The number of ether oxygens (including phenoxy) is 1. The second-order valence-electron chi connectivity index (χ2n) is 7.54. The van der Waals surface area contributed by atoms with Crippen molar-refractivity contribution in [2.24, 2.45) is 11.7 Å². The summed E-state index contributed by atoms with van der Waals surface area (Å²) in [7, 11) is 0. The van der Waals surface area contributed by atoms with E-state index in [1.165, 1.54) is 0 Å². The molecule has 2 rings (SSSR count). The molecule has 6 nitrogen and oxygen atoms in total. The van der Waals surface area contributed by atoms with Crippen LogP contribution < -0.4 is 5.73 Å². The smallest absolute Gasteiger partial charge is 0.410 e. The summed E-state index contributed by atoms with van der Waals surface area (Å²) in [5, 5.41) is 0. The highest BCUT2D eigenvalue weighted by Gasteiger charge is 2.36. The summed E-state index contributed by atoms with van der Waals surface area (Å²) in [6.45, 7) is 9.20. The first kappa shape index (κ1) is 20.2. The van der Waals surface area contributed by atoms with E-state index in [-0.39, 0.29) is 36.6 Å². The van der Waals surface area contributed by atoms with Gasteiger partial charge in [-0.1, -0.05) is 44.2 Å². The number of benzene rings is 1. The fraction of sp³-hybridized carbons (Fsp3) is 0.600. The Bertz CT molecular complexity index is 604. The number of nitrogens with zero attached hydrogens (tertiary/aromatic N) is 2. The first-order valence-corrected chi connectivity index (χ1v) is 9.34. The molecule has 26 heavy (non-hydrogen) atoms. The summed E-state index contributed by atoms with van der Waals surface area (Å²) >= 11 is 0. The molecule has 0 aliphatic carbocycles. The molecule has 1 aromatic rings. The number of hydrogen-bond acceptors (Lipinski definition) is 4. The van der Waals surface area contributed by atoms with Gasteiger partial charge in [0.2, 0.25) is 5.91 Å². The van der Waals surface area contributed by atoms with Gasteiger partial charge in [-0.2, -0.15) is 0 Å². The normalized spacial score (nSPS) is 18.3. The van der Waals surface area contributed by atoms with Crippen LogP contribution in [0.2, 0.25) is 0 Å². The molecule has 2 N–H and O–H groups in total. The lowest BCUT2D eigenvalue weighted by Gasteiger charge is -2.32. The van der Waals surface area contributed by atoms with Crippen LogP contribution >= 0.6 is 0 Å². The molecule has 1 heterocycles. The Balaban J connectivity index is 1.97. The van der Waals surface area contributed by atoms with Crippen molar-refractivity contribution >= 4 is 12.0 Å². The van der Waals surface area contributed by atoms with Crippen molar-refractivity contribution in [1.82, 2.24) is 9.80 Å². The van der Waals surface area contributed by atoms with Gasteiger partial charge in [0.25, 0.3) is 0 Å². The van der Waals surface area contributed by atoms with Crippen LogP contribution in [-0.2, 0) is 16.1 Å². The van der Waals surface area contributed by atoms with Crippen LogP contribution in [0.1, 0.15) is 39.7 Å². The van der Waals surface area contributed by atoms with E-state index in [2.05, 4.69) is 0 Å². The summed E-state index contributed by atoms with van der Waals surface area (Å²) in [5.74, 6) is 0.0578. The molecule has 2 amide bonds. The average Bonchev–Trinajstić information content (AvgIpc) is 3.08. The predicted octanol–water partition coefficient (Wildman–Crippen LogP) is 2.62. The third-order valence-corrected chi connectivity index (χ3v) is 4.84. The number of rotatable bonds is 6. The van der Waals surface area contributed by atoms with E-state index >= 15 is 0 Å². The molecule has 144 valence electrons. The second kappa shape index (κ2) is 9.03. The van der Waals surface area contributed by atoms with E-state index in [0.717, 1.165) is 12.0 Å². The molecule has 1 fully saturated rings. The van der Waals surface area contributed by atoms with Crippen LogP contribution in [0.5, 0.6) is 0 Å². The van der Waals surface area contributed by atoms with Crippen LogP contribution in [-0.4, -0.2) is 53.0 Å². The molecule has 0 spiro atoms. The molecule has 2 unspecified atom stereocenters. The third-order valence-electron chi connectivity index (χ3n) is 4.84. The lowest BCUT2D eigenvalue weighted by atomic mass is 10.0. The maximum Gasteiger partial charge on any atom is 0.410 e. The van der Waals surface area contributed by atoms with E-state index in [4.69, 9.17) is 10.5 Å². The van der Waals surface area contributed by atoms with Gasteiger partial charge in [-0.25, -0.2) is 4.79 Å². The van der Waals surface area contributed by atoms with Gasteiger partial charge in [-0.05, 0) is 31.7 Å². The number of amides is 2. The molecule has 0 aromatic heterocycles. The Morgan fingerprint density at radius 1 is 1.23 bits per heavy atom. The largest absolute Gasteiger partial charge is 0.445 e. The zero-order valence-electron chi connectivity index (χ0n) is 16.2. The molecule has 2 atom stereocenters. The molecular weight excluding hydrogens is 330 g/mol. The zero-order chi connectivity index (χ0) is 19.3. The maximum absolute atomic E-state index is 12.6. The van der Waals surface area contributed by atoms with Gasteiger partial charge in [-0.15, -0.1) is 0 Å². The van der Waals surface area contributed by atoms with Gasteiger partial charge in [0.15, 0.2) is 0 Å². The molecule has 0 bridgehead atoms. The van der Waals surface area contributed by atoms with Crippen molar-refractivity contribution in [2.45, 2.75) is 58.8 Å². The van der Waals surface area contributed by atoms with Crippen molar-refractivity contribution in [1.29, 1.82) is 0 Å². The predicted molar refractivity (Wildman–Crippen MR) is 101 cm³/mol. The highest BCUT2D eigenvalue weighted by atomic mass is 16.6. The minimum Gasteiger partial charge on any atom is -0.445 e. The van der Waals surface area contributed by atoms with Crippen LogP contribution in [0.15, 0.2) is 30.3 Å². The Hall–Kier alpha value is -2.08. The topological polar surface area (TPSA) is 75.9 Å². The van der Waals surface area contributed by atoms with Crippen LogP contribution in [0.4, 0.5) is 4.79 Å². The number of carbonyl (C=O) groups is 2. The fourth-order valence-corrected chi connectivity index (χ4v) is 3.24. The number of likely N-dealkylation sites (tertiary alicyclic amines) is 1. The minimum atomic E-state index is -0.494. The molecular formula is C20H31N3O3. The highest BCUT2D eigenvalue weighted by molar-refractivity contribution is 5.82. The molecule has 0 radical (unpaired) electrons. The van der Waals surface area contributed by atoms with Crippen molar-refractivity contribution in [3.8, 4) is 0 Å². The first-order valence-electron chi connectivity index (χ1n) is 9.34. The van der Waals surface area contributed by atoms with Crippen molar-refractivity contribution < 1.29 is 14.3 Å². The molecule has 6 heteroatoms. The SMILES string of the molecule is CC(C)C(N)C(=O)N1CCC(N(C(=O)OCc2ccccc2)C(C)C)C1. The summed E-state index contributed by atoms with van der Waals surface area (Å²) in [5.41, 5.74) is 6.95. The standard InChI is InChI=1S/C20H31N3O3/c1-14(2)18(21)19(24)22-11-10-17(12-22)23(15(3)4)20(25)26-13-16-8-6-5-7-9-16/h5-9,14-15,17-18H,10-13,21H2,1-4H3. The summed E-state index contributed by atoms with van der Waals surface area (Å²) in [6, 6.07) is 9.08. The van der Waals surface area contributed by atoms with Crippen LogP contribution in [0.3, 0.4) is 0 Å². The zero-order valence-corrected chi connectivity index (χ0v) is 16.2. The van der Waals surface area contributed by atoms with Crippen molar-refractivity contribution in [3.63, 3.8) is 0 Å². The maximum atomic E-state index is 12.6. The number of carbonyl (C=O) groups excluding carboxylic acids is 2. The number of hydrogen-bond donors (Lipinski definition) is 1. The van der Waals surface area contributed by atoms with Crippen LogP contribution in [0, 0.1) is 5.92 Å². The van der Waals surface area contributed by atoms with E-state index in [1.54, 1.807) is 9.80 Å². The summed E-state index contributed by atoms with van der Waals surface area (Å²) in [4.78, 5) is 28.6. The van der Waals surface area contributed by atoms with E-state index < -0.39 is 6.04 Å². The highest BCUT2D eigenvalue weighted by Crippen LogP contribution is 2.21. The van der Waals surface area contributed by atoms with Crippen LogP contribution in [0.25, 0.3) is 0 Å². The van der Waals surface area contributed by atoms with E-state index in [0.29, 0.717) is 13.1 Å². The van der Waals surface area contributed by atoms with Gasteiger partial charge in [-0.3, -0.25) is 4.79 Å². The fourth-order valence-electron chi connectivity index (χ4n) is 3.24. The quantitative estimate of drug-likeness (QED) is 0.845. The lowest BCUT2D eigenvalue weighted by molar-refractivity contribution is -0.132. The van der Waals surface area contributed by atoms with Gasteiger partial charge < -0.3 is 20.3 Å². The second-order valence-corrected chi connectivity index (χ2v) is 7.54. The Labute approximate surface area is 156 Å². The Morgan fingerprint density at radius 2 is 1.88 bits per heavy atom. The average molecular weight is 361 g/mol. The molecule has 1 aromatic carbocycles. The minimum absolute atomic E-state index is 0.00269. The summed E-state index contributed by atoms with van der Waals surface area (Å²) < 4.78 is 5.50. The van der Waals surface area contributed by atoms with Crippen molar-refractivity contribution in [3.05, 3.63) is 35.9 Å². The van der Waals surface area contributed by atoms with Gasteiger partial charge >= 0.3 is 6.09 Å². The van der Waals surface area contributed by atoms with Gasteiger partial charge in [0, 0.05) is 19.1 Å². The van der Waals surface area contributed by atoms with E-state index in [9.17, 15) is 9.59 Å². The van der Waals surface area contributed by atoms with Crippen molar-refractivity contribution in [2.75, 3.05) is 13.1 Å². The Kier molecular flexibility index (Phi) is 7.03. The third kappa shape index (κ3) is 4.97. The molecule has 1 aliphatic heterocycles. The molecule has 1 aliphatic rings. The molecule has 1 saturated heterocycles. The van der Waals surface area contributed by atoms with Gasteiger partial charge in [0.1, 0.15) is 6.61 Å². The monoisotopic (exact) mass is 361 g/mol.